The molecule has 4 heteroatoms. The van der Waals surface area contributed by atoms with Gasteiger partial charge in [-0.1, -0.05) is 36.4 Å². The van der Waals surface area contributed by atoms with Gasteiger partial charge in [-0.15, -0.1) is 6.58 Å². The number of anilines is 2. The van der Waals surface area contributed by atoms with E-state index in [-0.39, 0.29) is 0 Å². The Morgan fingerprint density at radius 3 is 2.59 bits per heavy atom. The van der Waals surface area contributed by atoms with Crippen LogP contribution in [0.3, 0.4) is 0 Å². The number of hydrogen-bond acceptors (Lipinski definition) is 4. The molecule has 1 aromatic heterocycles. The zero-order chi connectivity index (χ0) is 15.9. The van der Waals surface area contributed by atoms with E-state index in [0.717, 1.165) is 18.1 Å². The van der Waals surface area contributed by atoms with Crippen LogP contribution in [0.4, 0.5) is 11.8 Å². The summed E-state index contributed by atoms with van der Waals surface area (Å²) in [5, 5.41) is 3.17. The maximum Gasteiger partial charge on any atom is 0.225 e. The number of nitrogens with zero attached hydrogens (tertiary/aromatic N) is 3. The third-order valence-electron chi connectivity index (χ3n) is 3.36. The van der Waals surface area contributed by atoms with Crippen LogP contribution in [0.5, 0.6) is 0 Å². The molecule has 0 bridgehead atoms. The highest BCUT2D eigenvalue weighted by Gasteiger charge is 2.14. The van der Waals surface area contributed by atoms with Gasteiger partial charge in [0, 0.05) is 30.9 Å². The van der Waals surface area contributed by atoms with Crippen LogP contribution < -0.4 is 10.2 Å². The van der Waals surface area contributed by atoms with Crippen molar-refractivity contribution in [3.63, 3.8) is 0 Å². The lowest BCUT2D eigenvalue weighted by atomic mass is 10.2. The predicted molar refractivity (Wildman–Crippen MR) is 93.2 cm³/mol. The topological polar surface area (TPSA) is 41.1 Å². The molecule has 0 unspecified atom stereocenters. The lowest BCUT2D eigenvalue weighted by Crippen LogP contribution is -2.31. The molecule has 0 saturated carbocycles. The fourth-order valence-corrected chi connectivity index (χ4v) is 2.25. The molecular formula is C18H24N4. The molecule has 2 rings (SSSR count). The summed E-state index contributed by atoms with van der Waals surface area (Å²) in [4.78, 5) is 11.3. The monoisotopic (exact) mass is 296 g/mol. The first-order valence-electron chi connectivity index (χ1n) is 7.61. The molecule has 0 spiro atoms. The molecule has 0 saturated heterocycles. The number of benzene rings is 1. The van der Waals surface area contributed by atoms with Gasteiger partial charge in [0.25, 0.3) is 0 Å². The molecule has 0 fully saturated rings. The van der Waals surface area contributed by atoms with Crippen LogP contribution in [0.2, 0.25) is 0 Å². The Morgan fingerprint density at radius 2 is 1.95 bits per heavy atom. The number of aromatic nitrogens is 2. The number of rotatable bonds is 7. The molecule has 4 nitrogen and oxygen atoms in total. The molecule has 116 valence electrons. The number of nitrogens with one attached hydrogen (secondary N) is 1. The first-order valence-corrected chi connectivity index (χ1v) is 7.61. The Kier molecular flexibility index (Phi) is 5.53. The van der Waals surface area contributed by atoms with Crippen molar-refractivity contribution < 1.29 is 0 Å². The fourth-order valence-electron chi connectivity index (χ4n) is 2.25. The van der Waals surface area contributed by atoms with E-state index in [1.54, 1.807) is 6.08 Å². The molecule has 0 amide bonds. The SMILES string of the molecule is C=CCNc1nc(C)cc(N(Cc2ccccc2)C(C)C)n1. The summed E-state index contributed by atoms with van der Waals surface area (Å²) in [6, 6.07) is 12.8. The lowest BCUT2D eigenvalue weighted by molar-refractivity contribution is 0.671. The zero-order valence-electron chi connectivity index (χ0n) is 13.6. The molecule has 0 atom stereocenters. The van der Waals surface area contributed by atoms with Gasteiger partial charge >= 0.3 is 0 Å². The molecule has 0 aliphatic carbocycles. The maximum absolute atomic E-state index is 4.64. The summed E-state index contributed by atoms with van der Waals surface area (Å²) in [6.45, 7) is 11.5. The normalized spacial score (nSPS) is 10.5. The van der Waals surface area contributed by atoms with Crippen LogP contribution in [0.15, 0.2) is 49.1 Å². The molecule has 0 aliphatic heterocycles. The van der Waals surface area contributed by atoms with Gasteiger partial charge in [0.05, 0.1) is 0 Å². The van der Waals surface area contributed by atoms with Gasteiger partial charge in [-0.05, 0) is 26.3 Å². The summed E-state index contributed by atoms with van der Waals surface area (Å²) < 4.78 is 0. The maximum atomic E-state index is 4.64. The molecule has 1 aromatic carbocycles. The van der Waals surface area contributed by atoms with Crippen LogP contribution in [0.25, 0.3) is 0 Å². The van der Waals surface area contributed by atoms with Crippen LogP contribution in [0.1, 0.15) is 25.1 Å². The molecule has 0 radical (unpaired) electrons. The van der Waals surface area contributed by atoms with Crippen molar-refractivity contribution in [2.75, 3.05) is 16.8 Å². The summed E-state index contributed by atoms with van der Waals surface area (Å²) in [6.07, 6.45) is 1.80. The van der Waals surface area contributed by atoms with E-state index < -0.39 is 0 Å². The highest BCUT2D eigenvalue weighted by atomic mass is 15.2. The van der Waals surface area contributed by atoms with E-state index in [1.165, 1.54) is 5.56 Å². The van der Waals surface area contributed by atoms with E-state index in [0.29, 0.717) is 18.5 Å². The first-order chi connectivity index (χ1) is 10.6. The minimum atomic E-state index is 0.349. The van der Waals surface area contributed by atoms with Crippen molar-refractivity contribution in [3.8, 4) is 0 Å². The van der Waals surface area contributed by atoms with Crippen molar-refractivity contribution in [2.45, 2.75) is 33.4 Å². The Labute approximate surface area is 132 Å². The lowest BCUT2D eigenvalue weighted by Gasteiger charge is -2.28. The zero-order valence-corrected chi connectivity index (χ0v) is 13.6. The standard InChI is InChI=1S/C18H24N4/c1-5-11-19-18-20-15(4)12-17(21-18)22(14(2)3)13-16-9-7-6-8-10-16/h5-10,12,14H,1,11,13H2,2-4H3,(H,19,20,21). The van der Waals surface area contributed by atoms with E-state index in [2.05, 4.69) is 64.9 Å². The van der Waals surface area contributed by atoms with Crippen molar-refractivity contribution in [3.05, 3.63) is 60.3 Å². The van der Waals surface area contributed by atoms with E-state index in [1.807, 2.05) is 19.1 Å². The third-order valence-corrected chi connectivity index (χ3v) is 3.36. The second kappa shape index (κ2) is 7.59. The number of aryl methyl sites for hydroxylation is 1. The average Bonchev–Trinajstić information content (AvgIpc) is 2.50. The molecular weight excluding hydrogens is 272 g/mol. The summed E-state index contributed by atoms with van der Waals surface area (Å²) in [7, 11) is 0. The quantitative estimate of drug-likeness (QED) is 0.789. The smallest absolute Gasteiger partial charge is 0.225 e. The van der Waals surface area contributed by atoms with Gasteiger partial charge in [-0.2, -0.15) is 4.98 Å². The van der Waals surface area contributed by atoms with Gasteiger partial charge < -0.3 is 10.2 Å². The Balaban J connectivity index is 2.27. The fraction of sp³-hybridized carbons (Fsp3) is 0.333. The minimum absolute atomic E-state index is 0.349. The highest BCUT2D eigenvalue weighted by Crippen LogP contribution is 2.20. The second-order valence-electron chi connectivity index (χ2n) is 5.57. The average molecular weight is 296 g/mol. The molecule has 2 aromatic rings. The van der Waals surface area contributed by atoms with Crippen LogP contribution >= 0.6 is 0 Å². The van der Waals surface area contributed by atoms with E-state index in [4.69, 9.17) is 0 Å². The van der Waals surface area contributed by atoms with Crippen LogP contribution in [-0.2, 0) is 6.54 Å². The van der Waals surface area contributed by atoms with Crippen LogP contribution in [0, 0.1) is 6.92 Å². The minimum Gasteiger partial charge on any atom is -0.351 e. The van der Waals surface area contributed by atoms with E-state index >= 15 is 0 Å². The first kappa shape index (κ1) is 16.0. The predicted octanol–water partition coefficient (Wildman–Crippen LogP) is 3.80. The van der Waals surface area contributed by atoms with Gasteiger partial charge in [0.1, 0.15) is 5.82 Å². The molecule has 1 heterocycles. The van der Waals surface area contributed by atoms with Gasteiger partial charge in [0.15, 0.2) is 0 Å². The van der Waals surface area contributed by atoms with Crippen molar-refractivity contribution in [1.29, 1.82) is 0 Å². The largest absolute Gasteiger partial charge is 0.351 e. The number of hydrogen-bond donors (Lipinski definition) is 1. The van der Waals surface area contributed by atoms with Crippen molar-refractivity contribution in [2.24, 2.45) is 0 Å². The summed E-state index contributed by atoms with van der Waals surface area (Å²) >= 11 is 0. The van der Waals surface area contributed by atoms with Gasteiger partial charge in [0.2, 0.25) is 5.95 Å². The molecule has 1 N–H and O–H groups in total. The van der Waals surface area contributed by atoms with Gasteiger partial charge in [-0.25, -0.2) is 4.98 Å². The molecule has 0 aliphatic rings. The third kappa shape index (κ3) is 4.32. The molecule has 22 heavy (non-hydrogen) atoms. The van der Waals surface area contributed by atoms with Crippen LogP contribution in [-0.4, -0.2) is 22.6 Å². The Bertz CT molecular complexity index is 608. The van der Waals surface area contributed by atoms with E-state index in [9.17, 15) is 0 Å². The van der Waals surface area contributed by atoms with Gasteiger partial charge in [-0.3, -0.25) is 0 Å². The van der Waals surface area contributed by atoms with Crippen molar-refractivity contribution in [1.82, 2.24) is 9.97 Å². The summed E-state index contributed by atoms with van der Waals surface area (Å²) in [5.74, 6) is 1.59. The Morgan fingerprint density at radius 1 is 1.23 bits per heavy atom. The summed E-state index contributed by atoms with van der Waals surface area (Å²) in [5.41, 5.74) is 2.23. The Hall–Kier alpha value is -2.36. The van der Waals surface area contributed by atoms with Crippen molar-refractivity contribution >= 4 is 11.8 Å². The second-order valence-corrected chi connectivity index (χ2v) is 5.57. The highest BCUT2D eigenvalue weighted by molar-refractivity contribution is 5.46.